The summed E-state index contributed by atoms with van der Waals surface area (Å²) in [6.45, 7) is 0.520. The average molecular weight is 366 g/mol. The van der Waals surface area contributed by atoms with Crippen molar-refractivity contribution in [2.75, 3.05) is 13.1 Å². The van der Waals surface area contributed by atoms with E-state index in [1.165, 1.54) is 9.80 Å². The largest absolute Gasteiger partial charge is 0.465 e. The highest BCUT2D eigenvalue weighted by Gasteiger charge is 2.35. The molecule has 3 rings (SSSR count). The van der Waals surface area contributed by atoms with Crippen molar-refractivity contribution in [2.24, 2.45) is 0 Å². The van der Waals surface area contributed by atoms with Crippen LogP contribution in [-0.4, -0.2) is 51.8 Å². The Morgan fingerprint density at radius 3 is 2.11 bits per heavy atom. The summed E-state index contributed by atoms with van der Waals surface area (Å²) in [5.41, 5.74) is 1.68. The van der Waals surface area contributed by atoms with Crippen LogP contribution in [0.5, 0.6) is 0 Å². The minimum atomic E-state index is -1.15. The lowest BCUT2D eigenvalue weighted by Gasteiger charge is -2.31. The number of likely N-dealkylation sites (tertiary alicyclic amines) is 1. The van der Waals surface area contributed by atoms with Gasteiger partial charge in [-0.15, -0.1) is 0 Å². The Morgan fingerprint density at radius 1 is 1.00 bits per heavy atom. The number of rotatable bonds is 6. The molecule has 27 heavy (non-hydrogen) atoms. The maximum absolute atomic E-state index is 13.1. The Balaban J connectivity index is 1.88. The Hall–Kier alpha value is -3.15. The SMILES string of the molecule is O=C1CCN(C(=O)[C@H](Cc2ccccc2)N(Cc2ccccc2)C(=O)O)C1. The molecule has 0 aromatic heterocycles. The fourth-order valence-electron chi connectivity index (χ4n) is 3.29. The molecule has 0 saturated carbocycles. The molecule has 1 aliphatic rings. The Morgan fingerprint density at radius 2 is 1.59 bits per heavy atom. The van der Waals surface area contributed by atoms with Crippen LogP contribution < -0.4 is 0 Å². The van der Waals surface area contributed by atoms with E-state index in [1.807, 2.05) is 60.7 Å². The molecule has 1 atom stereocenters. The maximum atomic E-state index is 13.1. The lowest BCUT2D eigenvalue weighted by Crippen LogP contribution is -2.51. The highest BCUT2D eigenvalue weighted by molar-refractivity contribution is 5.92. The molecule has 2 amide bonds. The first kappa shape index (κ1) is 18.6. The van der Waals surface area contributed by atoms with Gasteiger partial charge in [0.25, 0.3) is 0 Å². The molecule has 0 radical (unpaired) electrons. The van der Waals surface area contributed by atoms with Gasteiger partial charge in [-0.1, -0.05) is 60.7 Å². The molecule has 0 bridgehead atoms. The van der Waals surface area contributed by atoms with Crippen LogP contribution in [0.2, 0.25) is 0 Å². The average Bonchev–Trinajstić information content (AvgIpc) is 3.12. The Bertz CT molecular complexity index is 807. The lowest BCUT2D eigenvalue weighted by molar-refractivity contribution is -0.136. The number of amides is 2. The predicted octanol–water partition coefficient (Wildman–Crippen LogP) is 2.58. The smallest absolute Gasteiger partial charge is 0.408 e. The quantitative estimate of drug-likeness (QED) is 0.852. The summed E-state index contributed by atoms with van der Waals surface area (Å²) in [6, 6.07) is 17.7. The van der Waals surface area contributed by atoms with Crippen LogP contribution in [0.25, 0.3) is 0 Å². The molecule has 0 spiro atoms. The predicted molar refractivity (Wildman–Crippen MR) is 100 cm³/mol. The van der Waals surface area contributed by atoms with Gasteiger partial charge < -0.3 is 10.0 Å². The van der Waals surface area contributed by atoms with Crippen LogP contribution in [0.15, 0.2) is 60.7 Å². The van der Waals surface area contributed by atoms with Crippen LogP contribution in [0.1, 0.15) is 17.5 Å². The van der Waals surface area contributed by atoms with Crippen molar-refractivity contribution in [2.45, 2.75) is 25.4 Å². The van der Waals surface area contributed by atoms with Crippen molar-refractivity contribution in [1.82, 2.24) is 9.80 Å². The van der Waals surface area contributed by atoms with Gasteiger partial charge >= 0.3 is 6.09 Å². The minimum Gasteiger partial charge on any atom is -0.465 e. The highest BCUT2D eigenvalue weighted by atomic mass is 16.4. The molecule has 1 heterocycles. The first-order valence-corrected chi connectivity index (χ1v) is 8.92. The second-order valence-corrected chi connectivity index (χ2v) is 6.65. The maximum Gasteiger partial charge on any atom is 0.408 e. The van der Waals surface area contributed by atoms with E-state index in [4.69, 9.17) is 0 Å². The summed E-state index contributed by atoms with van der Waals surface area (Å²) in [5, 5.41) is 9.81. The summed E-state index contributed by atoms with van der Waals surface area (Å²) in [5.74, 6) is -0.310. The van der Waals surface area contributed by atoms with Gasteiger partial charge in [-0.05, 0) is 11.1 Å². The number of carboxylic acid groups (broad SMARTS) is 1. The molecule has 0 unspecified atom stereocenters. The van der Waals surface area contributed by atoms with Gasteiger partial charge in [0.05, 0.1) is 6.54 Å². The van der Waals surface area contributed by atoms with Gasteiger partial charge in [0.1, 0.15) is 6.04 Å². The summed E-state index contributed by atoms with van der Waals surface area (Å²) in [7, 11) is 0. The van der Waals surface area contributed by atoms with E-state index in [0.29, 0.717) is 13.0 Å². The van der Waals surface area contributed by atoms with E-state index in [2.05, 4.69) is 0 Å². The molecular formula is C21H22N2O4. The Kier molecular flexibility index (Phi) is 5.86. The molecule has 1 aliphatic heterocycles. The number of Topliss-reactive ketones (excluding diaryl/α,β-unsaturated/α-hetero) is 1. The molecule has 1 N–H and O–H groups in total. The number of ketones is 1. The second kappa shape index (κ2) is 8.49. The summed E-state index contributed by atoms with van der Waals surface area (Å²) >= 11 is 0. The standard InChI is InChI=1S/C21H22N2O4/c24-18-11-12-22(15-18)20(25)19(13-16-7-3-1-4-8-16)23(21(26)27)14-17-9-5-2-6-10-17/h1-10,19H,11-15H2,(H,26,27)/t19-/m0/s1. The van der Waals surface area contributed by atoms with Gasteiger partial charge in [0, 0.05) is 25.9 Å². The van der Waals surface area contributed by atoms with Crippen molar-refractivity contribution in [3.8, 4) is 0 Å². The zero-order chi connectivity index (χ0) is 19.2. The fraction of sp³-hybridized carbons (Fsp3) is 0.286. The van der Waals surface area contributed by atoms with Crippen LogP contribution in [0, 0.1) is 0 Å². The van der Waals surface area contributed by atoms with Gasteiger partial charge in [0.15, 0.2) is 5.78 Å². The van der Waals surface area contributed by atoms with E-state index >= 15 is 0 Å². The molecule has 1 saturated heterocycles. The number of nitrogens with zero attached hydrogens (tertiary/aromatic N) is 2. The van der Waals surface area contributed by atoms with Gasteiger partial charge in [-0.3, -0.25) is 14.5 Å². The molecule has 6 heteroatoms. The third-order valence-corrected chi connectivity index (χ3v) is 4.71. The zero-order valence-electron chi connectivity index (χ0n) is 15.0. The van der Waals surface area contributed by atoms with E-state index in [-0.39, 0.29) is 31.2 Å². The van der Waals surface area contributed by atoms with Gasteiger partial charge in [-0.2, -0.15) is 0 Å². The van der Waals surface area contributed by atoms with Gasteiger partial charge in [-0.25, -0.2) is 4.79 Å². The number of hydrogen-bond donors (Lipinski definition) is 1. The van der Waals surface area contributed by atoms with Crippen LogP contribution >= 0.6 is 0 Å². The second-order valence-electron chi connectivity index (χ2n) is 6.65. The first-order valence-electron chi connectivity index (χ1n) is 8.92. The topological polar surface area (TPSA) is 77.9 Å². The van der Waals surface area contributed by atoms with Crippen molar-refractivity contribution < 1.29 is 19.5 Å². The van der Waals surface area contributed by atoms with Crippen LogP contribution in [0.3, 0.4) is 0 Å². The minimum absolute atomic E-state index is 0.00625. The molecule has 2 aromatic carbocycles. The highest BCUT2D eigenvalue weighted by Crippen LogP contribution is 2.18. The van der Waals surface area contributed by atoms with E-state index < -0.39 is 12.1 Å². The molecule has 140 valence electrons. The molecule has 0 aliphatic carbocycles. The fourth-order valence-corrected chi connectivity index (χ4v) is 3.29. The normalized spacial score (nSPS) is 14.8. The number of benzene rings is 2. The van der Waals surface area contributed by atoms with E-state index in [9.17, 15) is 19.5 Å². The van der Waals surface area contributed by atoms with Crippen molar-refractivity contribution in [1.29, 1.82) is 0 Å². The first-order chi connectivity index (χ1) is 13.0. The number of hydrogen-bond acceptors (Lipinski definition) is 3. The summed E-state index contributed by atoms with van der Waals surface area (Å²) in [4.78, 5) is 39.4. The van der Waals surface area contributed by atoms with E-state index in [0.717, 1.165) is 11.1 Å². The van der Waals surface area contributed by atoms with Gasteiger partial charge in [0.2, 0.25) is 5.91 Å². The third-order valence-electron chi connectivity index (χ3n) is 4.71. The van der Waals surface area contributed by atoms with Crippen molar-refractivity contribution in [3.05, 3.63) is 71.8 Å². The lowest BCUT2D eigenvalue weighted by atomic mass is 10.0. The monoisotopic (exact) mass is 366 g/mol. The Labute approximate surface area is 158 Å². The molecule has 2 aromatic rings. The zero-order valence-corrected chi connectivity index (χ0v) is 15.0. The molecular weight excluding hydrogens is 344 g/mol. The number of carbonyl (C=O) groups excluding carboxylic acids is 2. The van der Waals surface area contributed by atoms with Crippen molar-refractivity contribution >= 4 is 17.8 Å². The van der Waals surface area contributed by atoms with Crippen LogP contribution in [0.4, 0.5) is 4.79 Å². The van der Waals surface area contributed by atoms with Crippen LogP contribution in [-0.2, 0) is 22.6 Å². The van der Waals surface area contributed by atoms with E-state index in [1.54, 1.807) is 0 Å². The summed E-state index contributed by atoms with van der Waals surface area (Å²) < 4.78 is 0. The third kappa shape index (κ3) is 4.73. The number of carbonyl (C=O) groups is 3. The molecule has 6 nitrogen and oxygen atoms in total. The molecule has 1 fully saturated rings. The van der Waals surface area contributed by atoms with Crippen molar-refractivity contribution in [3.63, 3.8) is 0 Å². The summed E-state index contributed by atoms with van der Waals surface area (Å²) in [6.07, 6.45) is -0.558.